The number of rotatable bonds is 7. The standard InChI is InChI=1S/C13H17FN2O5/c1-21-8-6-16(5-7-17)13(20)15-11-9(12(18)19)3-2-4-10(11)14/h2-4,17H,5-8H2,1H3,(H,15,20)(H,18,19). The number of hydrogen-bond acceptors (Lipinski definition) is 4. The highest BCUT2D eigenvalue weighted by molar-refractivity contribution is 6.00. The second-order valence-corrected chi connectivity index (χ2v) is 4.10. The molecule has 0 bridgehead atoms. The molecule has 1 aromatic rings. The molecule has 0 aliphatic heterocycles. The number of halogens is 1. The van der Waals surface area contributed by atoms with Gasteiger partial charge in [0.05, 0.1) is 24.5 Å². The maximum absolute atomic E-state index is 13.7. The molecule has 0 saturated heterocycles. The summed E-state index contributed by atoms with van der Waals surface area (Å²) in [6.45, 7) is 0.155. The van der Waals surface area contributed by atoms with E-state index in [-0.39, 0.29) is 31.9 Å². The van der Waals surface area contributed by atoms with Gasteiger partial charge in [-0.2, -0.15) is 0 Å². The third-order valence-corrected chi connectivity index (χ3v) is 2.70. The molecule has 0 spiro atoms. The van der Waals surface area contributed by atoms with Gasteiger partial charge >= 0.3 is 12.0 Å². The van der Waals surface area contributed by atoms with Gasteiger partial charge < -0.3 is 25.2 Å². The molecule has 2 amide bonds. The van der Waals surface area contributed by atoms with Crippen LogP contribution in [0.15, 0.2) is 18.2 Å². The van der Waals surface area contributed by atoms with Crippen LogP contribution in [-0.2, 0) is 4.74 Å². The van der Waals surface area contributed by atoms with Crippen LogP contribution < -0.4 is 5.32 Å². The van der Waals surface area contributed by atoms with Crippen molar-refractivity contribution >= 4 is 17.7 Å². The summed E-state index contributed by atoms with van der Waals surface area (Å²) >= 11 is 0. The number of methoxy groups -OCH3 is 1. The normalized spacial score (nSPS) is 10.2. The maximum Gasteiger partial charge on any atom is 0.337 e. The zero-order valence-corrected chi connectivity index (χ0v) is 11.5. The molecule has 1 rings (SSSR count). The van der Waals surface area contributed by atoms with E-state index in [1.54, 1.807) is 0 Å². The van der Waals surface area contributed by atoms with Gasteiger partial charge in [0.2, 0.25) is 0 Å². The topological polar surface area (TPSA) is 99.1 Å². The SMILES string of the molecule is COCCN(CCO)C(=O)Nc1c(F)cccc1C(=O)O. The van der Waals surface area contributed by atoms with Gasteiger partial charge in [-0.25, -0.2) is 14.0 Å². The highest BCUT2D eigenvalue weighted by Crippen LogP contribution is 2.20. The third-order valence-electron chi connectivity index (χ3n) is 2.70. The average Bonchev–Trinajstić information content (AvgIpc) is 2.45. The lowest BCUT2D eigenvalue weighted by atomic mass is 10.1. The fraction of sp³-hybridized carbons (Fsp3) is 0.385. The molecular formula is C13H17FN2O5. The van der Waals surface area contributed by atoms with E-state index >= 15 is 0 Å². The van der Waals surface area contributed by atoms with Crippen molar-refractivity contribution in [1.82, 2.24) is 4.90 Å². The molecule has 0 aliphatic rings. The Morgan fingerprint density at radius 2 is 2.10 bits per heavy atom. The van der Waals surface area contributed by atoms with E-state index in [2.05, 4.69) is 5.32 Å². The molecule has 7 nitrogen and oxygen atoms in total. The predicted molar refractivity (Wildman–Crippen MR) is 72.9 cm³/mol. The van der Waals surface area contributed by atoms with E-state index in [4.69, 9.17) is 14.9 Å². The van der Waals surface area contributed by atoms with Crippen LogP contribution in [0.25, 0.3) is 0 Å². The number of nitrogens with zero attached hydrogens (tertiary/aromatic N) is 1. The minimum Gasteiger partial charge on any atom is -0.478 e. The van der Waals surface area contributed by atoms with Crippen molar-refractivity contribution in [3.05, 3.63) is 29.6 Å². The fourth-order valence-electron chi connectivity index (χ4n) is 1.65. The molecule has 8 heteroatoms. The van der Waals surface area contributed by atoms with Crippen LogP contribution in [0.2, 0.25) is 0 Å². The van der Waals surface area contributed by atoms with Crippen LogP contribution in [0, 0.1) is 5.82 Å². The molecule has 0 aliphatic carbocycles. The van der Waals surface area contributed by atoms with Crippen molar-refractivity contribution in [3.8, 4) is 0 Å². The van der Waals surface area contributed by atoms with Crippen LogP contribution in [0.1, 0.15) is 10.4 Å². The molecule has 0 radical (unpaired) electrons. The fourth-order valence-corrected chi connectivity index (χ4v) is 1.65. The Bertz CT molecular complexity index is 509. The molecule has 116 valence electrons. The van der Waals surface area contributed by atoms with Gasteiger partial charge in [0.1, 0.15) is 5.82 Å². The van der Waals surface area contributed by atoms with E-state index in [1.165, 1.54) is 24.1 Å². The number of para-hydroxylation sites is 1. The minimum atomic E-state index is -1.35. The smallest absolute Gasteiger partial charge is 0.337 e. The highest BCUT2D eigenvalue weighted by Gasteiger charge is 2.19. The lowest BCUT2D eigenvalue weighted by molar-refractivity contribution is 0.0697. The van der Waals surface area contributed by atoms with E-state index < -0.39 is 23.5 Å². The van der Waals surface area contributed by atoms with Gasteiger partial charge in [0, 0.05) is 20.2 Å². The van der Waals surface area contributed by atoms with Gasteiger partial charge in [0.25, 0.3) is 0 Å². The number of nitrogens with one attached hydrogen (secondary N) is 1. The molecule has 0 unspecified atom stereocenters. The van der Waals surface area contributed by atoms with Crippen LogP contribution in [0.5, 0.6) is 0 Å². The first-order chi connectivity index (χ1) is 10.0. The first kappa shape index (κ1) is 16.9. The maximum atomic E-state index is 13.7. The number of benzene rings is 1. The number of hydrogen-bond donors (Lipinski definition) is 3. The van der Waals surface area contributed by atoms with Gasteiger partial charge in [0.15, 0.2) is 0 Å². The summed E-state index contributed by atoms with van der Waals surface area (Å²) < 4.78 is 18.5. The lowest BCUT2D eigenvalue weighted by Crippen LogP contribution is -2.39. The average molecular weight is 300 g/mol. The van der Waals surface area contributed by atoms with Crippen molar-refractivity contribution in [2.24, 2.45) is 0 Å². The van der Waals surface area contributed by atoms with Crippen molar-refractivity contribution < 1.29 is 28.9 Å². The van der Waals surface area contributed by atoms with E-state index in [9.17, 15) is 14.0 Å². The van der Waals surface area contributed by atoms with Gasteiger partial charge in [-0.1, -0.05) is 6.07 Å². The van der Waals surface area contributed by atoms with Crippen molar-refractivity contribution in [2.45, 2.75) is 0 Å². The number of aliphatic hydroxyl groups excluding tert-OH is 1. The van der Waals surface area contributed by atoms with Crippen LogP contribution in [-0.4, -0.2) is 60.5 Å². The Hall–Kier alpha value is -2.19. The monoisotopic (exact) mass is 300 g/mol. The summed E-state index contributed by atoms with van der Waals surface area (Å²) in [5, 5.41) is 20.1. The summed E-state index contributed by atoms with van der Waals surface area (Å²) in [7, 11) is 1.45. The number of carboxylic acid groups (broad SMARTS) is 1. The molecule has 0 saturated carbocycles. The highest BCUT2D eigenvalue weighted by atomic mass is 19.1. The van der Waals surface area contributed by atoms with Gasteiger partial charge in [-0.15, -0.1) is 0 Å². The van der Waals surface area contributed by atoms with Crippen LogP contribution in [0.3, 0.4) is 0 Å². The van der Waals surface area contributed by atoms with Gasteiger partial charge in [-0.05, 0) is 12.1 Å². The van der Waals surface area contributed by atoms with E-state index in [0.29, 0.717) is 0 Å². The van der Waals surface area contributed by atoms with Crippen LogP contribution in [0.4, 0.5) is 14.9 Å². The number of carbonyl (C=O) groups is 2. The van der Waals surface area contributed by atoms with E-state index in [0.717, 1.165) is 6.07 Å². The largest absolute Gasteiger partial charge is 0.478 e. The molecule has 1 aromatic carbocycles. The molecular weight excluding hydrogens is 283 g/mol. The molecule has 0 atom stereocenters. The number of aliphatic hydroxyl groups is 1. The Kier molecular flexibility index (Phi) is 6.57. The second kappa shape index (κ2) is 8.18. The quantitative estimate of drug-likeness (QED) is 0.697. The minimum absolute atomic E-state index is 0.0199. The Morgan fingerprint density at radius 3 is 2.67 bits per heavy atom. The zero-order valence-electron chi connectivity index (χ0n) is 11.5. The summed E-state index contributed by atoms with van der Waals surface area (Å²) in [6.07, 6.45) is 0. The van der Waals surface area contributed by atoms with Crippen molar-refractivity contribution in [2.75, 3.05) is 38.7 Å². The molecule has 0 aromatic heterocycles. The summed E-state index contributed by atoms with van der Waals surface area (Å²) in [5.74, 6) is -2.20. The van der Waals surface area contributed by atoms with E-state index in [1.807, 2.05) is 0 Å². The van der Waals surface area contributed by atoms with Crippen molar-refractivity contribution in [3.63, 3.8) is 0 Å². The Balaban J connectivity index is 2.92. The van der Waals surface area contributed by atoms with Crippen LogP contribution >= 0.6 is 0 Å². The molecule has 0 heterocycles. The molecule has 21 heavy (non-hydrogen) atoms. The third kappa shape index (κ3) is 4.69. The number of anilines is 1. The number of carbonyl (C=O) groups excluding carboxylic acids is 1. The van der Waals surface area contributed by atoms with Crippen molar-refractivity contribution in [1.29, 1.82) is 0 Å². The second-order valence-electron chi connectivity index (χ2n) is 4.10. The number of aromatic carboxylic acids is 1. The first-order valence-corrected chi connectivity index (χ1v) is 6.18. The summed E-state index contributed by atoms with van der Waals surface area (Å²) in [6, 6.07) is 2.76. The number of amides is 2. The number of carboxylic acids is 1. The summed E-state index contributed by atoms with van der Waals surface area (Å²) in [4.78, 5) is 24.3. The van der Waals surface area contributed by atoms with Gasteiger partial charge in [-0.3, -0.25) is 0 Å². The Morgan fingerprint density at radius 1 is 1.38 bits per heavy atom. The number of urea groups is 1. The number of ether oxygens (including phenoxy) is 1. The predicted octanol–water partition coefficient (Wildman–Crippen LogP) is 0.997. The first-order valence-electron chi connectivity index (χ1n) is 6.18. The Labute approximate surface area is 120 Å². The molecule has 3 N–H and O–H groups in total. The zero-order chi connectivity index (χ0) is 15.8. The lowest BCUT2D eigenvalue weighted by Gasteiger charge is -2.22. The summed E-state index contributed by atoms with van der Waals surface area (Å²) in [5.41, 5.74) is -0.755. The molecule has 0 fully saturated rings.